The molecule has 1 saturated heterocycles. The summed E-state index contributed by atoms with van der Waals surface area (Å²) in [6, 6.07) is 7.86. The monoisotopic (exact) mass is 310 g/mol. The molecule has 1 N–H and O–H groups in total. The van der Waals surface area contributed by atoms with Crippen LogP contribution >= 0.6 is 15.9 Å². The molecule has 100 valence electrons. The molecule has 1 aliphatic rings. The van der Waals surface area contributed by atoms with Gasteiger partial charge in [-0.3, -0.25) is 0 Å². The minimum atomic E-state index is 0.569. The molecule has 1 aromatic carbocycles. The molecular formula is C15H23BrN2. The highest BCUT2D eigenvalue weighted by Crippen LogP contribution is 2.26. The van der Waals surface area contributed by atoms with Crippen LogP contribution in [0.1, 0.15) is 32.3 Å². The first-order chi connectivity index (χ1) is 8.56. The number of nitrogens with zero attached hydrogens (tertiary/aromatic N) is 1. The standard InChI is InChI=1S/C15H23BrN2/c1-11(2)17-13-5-4-8-18(10-13)14-7-6-12(3)15(16)9-14/h6-7,9,11,13,17H,4-5,8,10H2,1-3H3. The van der Waals surface area contributed by atoms with Gasteiger partial charge in [0.05, 0.1) is 0 Å². The molecular weight excluding hydrogens is 288 g/mol. The maximum absolute atomic E-state index is 3.65. The van der Waals surface area contributed by atoms with Crippen LogP contribution in [0.4, 0.5) is 5.69 Å². The second kappa shape index (κ2) is 6.07. The van der Waals surface area contributed by atoms with Crippen molar-refractivity contribution in [1.82, 2.24) is 5.32 Å². The Labute approximate surface area is 119 Å². The van der Waals surface area contributed by atoms with E-state index < -0.39 is 0 Å². The van der Waals surface area contributed by atoms with E-state index in [0.29, 0.717) is 12.1 Å². The number of nitrogens with one attached hydrogen (secondary N) is 1. The number of anilines is 1. The second-order valence-electron chi connectivity index (χ2n) is 5.54. The third kappa shape index (κ3) is 3.48. The summed E-state index contributed by atoms with van der Waals surface area (Å²) in [6.45, 7) is 8.87. The van der Waals surface area contributed by atoms with Gasteiger partial charge in [-0.1, -0.05) is 35.8 Å². The molecule has 0 radical (unpaired) electrons. The minimum Gasteiger partial charge on any atom is -0.370 e. The summed E-state index contributed by atoms with van der Waals surface area (Å²) in [6.07, 6.45) is 2.57. The van der Waals surface area contributed by atoms with Crippen molar-refractivity contribution in [3.63, 3.8) is 0 Å². The van der Waals surface area contributed by atoms with Crippen molar-refractivity contribution in [2.75, 3.05) is 18.0 Å². The molecule has 1 atom stereocenters. The Balaban J connectivity index is 2.05. The van der Waals surface area contributed by atoms with Crippen LogP contribution < -0.4 is 10.2 Å². The van der Waals surface area contributed by atoms with Crippen molar-refractivity contribution in [3.05, 3.63) is 28.2 Å². The van der Waals surface area contributed by atoms with E-state index in [-0.39, 0.29) is 0 Å². The maximum atomic E-state index is 3.65. The van der Waals surface area contributed by atoms with Gasteiger partial charge in [0.1, 0.15) is 0 Å². The number of piperidine rings is 1. The summed E-state index contributed by atoms with van der Waals surface area (Å²) < 4.78 is 1.21. The highest BCUT2D eigenvalue weighted by atomic mass is 79.9. The number of hydrogen-bond acceptors (Lipinski definition) is 2. The second-order valence-corrected chi connectivity index (χ2v) is 6.39. The maximum Gasteiger partial charge on any atom is 0.0378 e. The Morgan fingerprint density at radius 2 is 2.17 bits per heavy atom. The van der Waals surface area contributed by atoms with Crippen molar-refractivity contribution in [2.24, 2.45) is 0 Å². The Kier molecular flexibility index (Phi) is 4.68. The van der Waals surface area contributed by atoms with Gasteiger partial charge in [0, 0.05) is 35.3 Å². The minimum absolute atomic E-state index is 0.569. The van der Waals surface area contributed by atoms with Crippen LogP contribution in [-0.4, -0.2) is 25.2 Å². The lowest BCUT2D eigenvalue weighted by Gasteiger charge is -2.36. The molecule has 1 heterocycles. The van der Waals surface area contributed by atoms with Crippen molar-refractivity contribution in [3.8, 4) is 0 Å². The summed E-state index contributed by atoms with van der Waals surface area (Å²) in [5, 5.41) is 3.65. The van der Waals surface area contributed by atoms with Crippen LogP contribution in [-0.2, 0) is 0 Å². The average molecular weight is 311 g/mol. The first-order valence-electron chi connectivity index (χ1n) is 6.83. The lowest BCUT2D eigenvalue weighted by Crippen LogP contribution is -2.47. The predicted molar refractivity (Wildman–Crippen MR) is 82.4 cm³/mol. The molecule has 0 saturated carbocycles. The van der Waals surface area contributed by atoms with E-state index >= 15 is 0 Å². The zero-order chi connectivity index (χ0) is 13.1. The van der Waals surface area contributed by atoms with Gasteiger partial charge in [-0.25, -0.2) is 0 Å². The molecule has 0 amide bonds. The molecule has 0 spiro atoms. The topological polar surface area (TPSA) is 15.3 Å². The Morgan fingerprint density at radius 1 is 1.39 bits per heavy atom. The fraction of sp³-hybridized carbons (Fsp3) is 0.600. The molecule has 1 aliphatic heterocycles. The van der Waals surface area contributed by atoms with E-state index in [1.807, 2.05) is 0 Å². The van der Waals surface area contributed by atoms with Crippen LogP contribution in [0.5, 0.6) is 0 Å². The largest absolute Gasteiger partial charge is 0.370 e. The lowest BCUT2D eigenvalue weighted by atomic mass is 10.0. The van der Waals surface area contributed by atoms with Gasteiger partial charge in [-0.2, -0.15) is 0 Å². The number of aryl methyl sites for hydroxylation is 1. The zero-order valence-corrected chi connectivity index (χ0v) is 13.1. The van der Waals surface area contributed by atoms with Gasteiger partial charge in [0.25, 0.3) is 0 Å². The smallest absolute Gasteiger partial charge is 0.0378 e. The van der Waals surface area contributed by atoms with E-state index in [2.05, 4.69) is 65.1 Å². The van der Waals surface area contributed by atoms with Crippen molar-refractivity contribution >= 4 is 21.6 Å². The number of halogens is 1. The molecule has 0 aromatic heterocycles. The van der Waals surface area contributed by atoms with Gasteiger partial charge < -0.3 is 10.2 Å². The van der Waals surface area contributed by atoms with Gasteiger partial charge in [0.15, 0.2) is 0 Å². The third-order valence-electron chi connectivity index (χ3n) is 3.51. The van der Waals surface area contributed by atoms with Crippen molar-refractivity contribution < 1.29 is 0 Å². The molecule has 1 unspecified atom stereocenters. The number of benzene rings is 1. The van der Waals surface area contributed by atoms with E-state index in [9.17, 15) is 0 Å². The van der Waals surface area contributed by atoms with Gasteiger partial charge >= 0.3 is 0 Å². The Morgan fingerprint density at radius 3 is 2.83 bits per heavy atom. The first kappa shape index (κ1) is 13.9. The van der Waals surface area contributed by atoms with Crippen molar-refractivity contribution in [2.45, 2.75) is 45.7 Å². The lowest BCUT2D eigenvalue weighted by molar-refractivity contribution is 0.395. The highest BCUT2D eigenvalue weighted by molar-refractivity contribution is 9.10. The zero-order valence-electron chi connectivity index (χ0n) is 11.5. The van der Waals surface area contributed by atoms with Gasteiger partial charge in [0.2, 0.25) is 0 Å². The fourth-order valence-corrected chi connectivity index (χ4v) is 2.96. The predicted octanol–water partition coefficient (Wildman–Crippen LogP) is 3.72. The Hall–Kier alpha value is -0.540. The molecule has 18 heavy (non-hydrogen) atoms. The molecule has 2 rings (SSSR count). The van der Waals surface area contributed by atoms with Gasteiger partial charge in [-0.05, 0) is 37.5 Å². The normalized spacial score (nSPS) is 20.5. The van der Waals surface area contributed by atoms with E-state index in [1.165, 1.54) is 35.1 Å². The summed E-state index contributed by atoms with van der Waals surface area (Å²) in [5.74, 6) is 0. The van der Waals surface area contributed by atoms with E-state index in [0.717, 1.165) is 6.54 Å². The highest BCUT2D eigenvalue weighted by Gasteiger charge is 2.20. The van der Waals surface area contributed by atoms with Gasteiger partial charge in [-0.15, -0.1) is 0 Å². The SMILES string of the molecule is Cc1ccc(N2CCCC(NC(C)C)C2)cc1Br. The quantitative estimate of drug-likeness (QED) is 0.915. The summed E-state index contributed by atoms with van der Waals surface area (Å²) in [4.78, 5) is 2.49. The number of rotatable bonds is 3. The van der Waals surface area contributed by atoms with E-state index in [4.69, 9.17) is 0 Å². The van der Waals surface area contributed by atoms with Crippen LogP contribution in [0.15, 0.2) is 22.7 Å². The van der Waals surface area contributed by atoms with Crippen LogP contribution in [0.25, 0.3) is 0 Å². The Bertz CT molecular complexity index is 403. The van der Waals surface area contributed by atoms with E-state index in [1.54, 1.807) is 0 Å². The molecule has 0 aliphatic carbocycles. The first-order valence-corrected chi connectivity index (χ1v) is 7.62. The molecule has 1 aromatic rings. The summed E-state index contributed by atoms with van der Waals surface area (Å²) >= 11 is 3.63. The summed E-state index contributed by atoms with van der Waals surface area (Å²) in [7, 11) is 0. The molecule has 3 heteroatoms. The van der Waals surface area contributed by atoms with Crippen LogP contribution in [0.3, 0.4) is 0 Å². The molecule has 1 fully saturated rings. The fourth-order valence-electron chi connectivity index (χ4n) is 2.60. The average Bonchev–Trinajstić information content (AvgIpc) is 2.32. The van der Waals surface area contributed by atoms with Crippen LogP contribution in [0.2, 0.25) is 0 Å². The third-order valence-corrected chi connectivity index (χ3v) is 4.37. The van der Waals surface area contributed by atoms with Crippen molar-refractivity contribution in [1.29, 1.82) is 0 Å². The van der Waals surface area contributed by atoms with Crippen LogP contribution in [0, 0.1) is 6.92 Å². The molecule has 2 nitrogen and oxygen atoms in total. The molecule has 0 bridgehead atoms. The summed E-state index contributed by atoms with van der Waals surface area (Å²) in [5.41, 5.74) is 2.63. The number of hydrogen-bond donors (Lipinski definition) is 1.